The fourth-order valence-corrected chi connectivity index (χ4v) is 3.25. The summed E-state index contributed by atoms with van der Waals surface area (Å²) >= 11 is 0. The van der Waals surface area contributed by atoms with Crippen LogP contribution in [0.3, 0.4) is 0 Å². The minimum Gasteiger partial charge on any atom is -0.467 e. The monoisotopic (exact) mass is 390 g/mol. The maximum atomic E-state index is 10.5. The van der Waals surface area contributed by atoms with Gasteiger partial charge < -0.3 is 34.7 Å². The molecule has 150 valence electrons. The van der Waals surface area contributed by atoms with Crippen LogP contribution in [0.4, 0.5) is 11.8 Å². The third kappa shape index (κ3) is 3.07. The zero-order chi connectivity index (χ0) is 19.8. The Bertz CT molecular complexity index is 943. The minimum atomic E-state index is -1.25. The molecule has 4 heterocycles. The number of aliphatic hydroxyl groups is 3. The van der Waals surface area contributed by atoms with E-state index in [2.05, 4.69) is 20.3 Å². The van der Waals surface area contributed by atoms with E-state index in [0.717, 1.165) is 5.76 Å². The molecule has 0 bridgehead atoms. The first kappa shape index (κ1) is 18.6. The molecular weight excluding hydrogens is 368 g/mol. The van der Waals surface area contributed by atoms with Crippen LogP contribution < -0.4 is 10.2 Å². The number of imidazole rings is 1. The fraction of sp³-hybridized carbons (Fsp3) is 0.471. The van der Waals surface area contributed by atoms with Gasteiger partial charge in [0.05, 0.1) is 19.4 Å². The van der Waals surface area contributed by atoms with Gasteiger partial charge in [-0.05, 0) is 12.1 Å². The minimum absolute atomic E-state index is 0.413. The van der Waals surface area contributed by atoms with Crippen LogP contribution >= 0.6 is 0 Å². The Balaban J connectivity index is 1.75. The lowest BCUT2D eigenvalue weighted by Crippen LogP contribution is -2.33. The highest BCUT2D eigenvalue weighted by Gasteiger charge is 2.45. The van der Waals surface area contributed by atoms with Gasteiger partial charge >= 0.3 is 0 Å². The third-order valence-electron chi connectivity index (χ3n) is 4.64. The van der Waals surface area contributed by atoms with Crippen molar-refractivity contribution >= 4 is 22.9 Å². The average Bonchev–Trinajstić information content (AvgIpc) is 3.39. The molecule has 1 fully saturated rings. The summed E-state index contributed by atoms with van der Waals surface area (Å²) in [4.78, 5) is 14.9. The first-order valence-electron chi connectivity index (χ1n) is 8.80. The van der Waals surface area contributed by atoms with Crippen molar-refractivity contribution in [3.8, 4) is 0 Å². The van der Waals surface area contributed by atoms with E-state index in [1.165, 1.54) is 6.33 Å². The second-order valence-electron chi connectivity index (χ2n) is 6.73. The van der Waals surface area contributed by atoms with Gasteiger partial charge in [0.25, 0.3) is 0 Å². The average molecular weight is 390 g/mol. The summed E-state index contributed by atoms with van der Waals surface area (Å²) in [5.41, 5.74) is 0.908. The number of aliphatic hydroxyl groups excluding tert-OH is 3. The highest BCUT2D eigenvalue weighted by atomic mass is 16.6. The maximum Gasteiger partial charge on any atom is 0.209 e. The molecule has 4 N–H and O–H groups in total. The van der Waals surface area contributed by atoms with Crippen LogP contribution in [0.5, 0.6) is 0 Å². The second-order valence-corrected chi connectivity index (χ2v) is 6.73. The van der Waals surface area contributed by atoms with E-state index in [1.54, 1.807) is 35.9 Å². The number of rotatable bonds is 6. The van der Waals surface area contributed by atoms with E-state index in [9.17, 15) is 15.3 Å². The molecule has 11 heteroatoms. The zero-order valence-electron chi connectivity index (χ0n) is 15.4. The van der Waals surface area contributed by atoms with Gasteiger partial charge in [-0.1, -0.05) is 0 Å². The summed E-state index contributed by atoms with van der Waals surface area (Å²) in [5.74, 6) is 1.70. The third-order valence-corrected chi connectivity index (χ3v) is 4.64. The molecule has 0 amide bonds. The normalized spacial score (nSPS) is 24.8. The quantitative estimate of drug-likeness (QED) is 0.443. The van der Waals surface area contributed by atoms with Gasteiger partial charge in [0.15, 0.2) is 23.2 Å². The molecule has 0 aliphatic carbocycles. The predicted octanol–water partition coefficient (Wildman–Crippen LogP) is -0.291. The molecule has 1 saturated heterocycles. The number of aromatic nitrogens is 4. The van der Waals surface area contributed by atoms with E-state index >= 15 is 0 Å². The van der Waals surface area contributed by atoms with Crippen molar-refractivity contribution in [3.05, 3.63) is 30.5 Å². The van der Waals surface area contributed by atoms with Gasteiger partial charge in [0.2, 0.25) is 5.95 Å². The Morgan fingerprint density at radius 1 is 1.25 bits per heavy atom. The Labute approximate surface area is 160 Å². The molecular formula is C17H22N6O5. The number of hydrogen-bond acceptors (Lipinski definition) is 10. The molecule has 0 radical (unpaired) electrons. The number of fused-ring (bicyclic) bond motifs is 1. The lowest BCUT2D eigenvalue weighted by Gasteiger charge is -2.21. The standard InChI is InChI=1S/C17H22N6O5/c1-22(2)17-21-11-14(18-6-9-4-3-5-27-9)19-8-20-15(11)23(17)16-13(26)12(25)10(7-24)28-16/h3-5,8,10,12-13,16,24-26H,6-7H2,1-2H3,(H,18,19,20)/t10-,12-,13-,16-/m1/s1. The topological polar surface area (TPSA) is 142 Å². The number of ether oxygens (including phenoxy) is 1. The fourth-order valence-electron chi connectivity index (χ4n) is 3.25. The van der Waals surface area contributed by atoms with Gasteiger partial charge in [-0.15, -0.1) is 0 Å². The maximum absolute atomic E-state index is 10.5. The van der Waals surface area contributed by atoms with Crippen molar-refractivity contribution in [2.45, 2.75) is 31.1 Å². The first-order valence-corrected chi connectivity index (χ1v) is 8.80. The van der Waals surface area contributed by atoms with Gasteiger partial charge in [0, 0.05) is 14.1 Å². The number of nitrogens with one attached hydrogen (secondary N) is 1. The molecule has 3 aromatic rings. The molecule has 0 spiro atoms. The Kier molecular flexibility index (Phi) is 4.89. The number of anilines is 2. The summed E-state index contributed by atoms with van der Waals surface area (Å²) in [6.07, 6.45) is -1.35. The van der Waals surface area contributed by atoms with E-state index in [4.69, 9.17) is 9.15 Å². The van der Waals surface area contributed by atoms with Gasteiger partial charge in [-0.3, -0.25) is 4.57 Å². The highest BCUT2D eigenvalue weighted by molar-refractivity contribution is 5.85. The lowest BCUT2D eigenvalue weighted by molar-refractivity contribution is -0.0503. The Morgan fingerprint density at radius 3 is 2.71 bits per heavy atom. The van der Waals surface area contributed by atoms with Gasteiger partial charge in [-0.25, -0.2) is 15.0 Å². The van der Waals surface area contributed by atoms with Gasteiger partial charge in [0.1, 0.15) is 30.4 Å². The molecule has 0 saturated carbocycles. The second kappa shape index (κ2) is 7.36. The van der Waals surface area contributed by atoms with Crippen molar-refractivity contribution in [1.82, 2.24) is 19.5 Å². The van der Waals surface area contributed by atoms with Crippen molar-refractivity contribution < 1.29 is 24.5 Å². The summed E-state index contributed by atoms with van der Waals surface area (Å²) < 4.78 is 12.6. The van der Waals surface area contributed by atoms with E-state index in [1.807, 2.05) is 6.07 Å². The first-order chi connectivity index (χ1) is 13.5. The smallest absolute Gasteiger partial charge is 0.209 e. The molecule has 4 atom stereocenters. The van der Waals surface area contributed by atoms with Crippen LogP contribution in [0.15, 0.2) is 29.1 Å². The van der Waals surface area contributed by atoms with Crippen molar-refractivity contribution in [2.24, 2.45) is 0 Å². The van der Waals surface area contributed by atoms with Crippen LogP contribution in [-0.4, -0.2) is 73.9 Å². The van der Waals surface area contributed by atoms with Crippen LogP contribution in [0.1, 0.15) is 12.0 Å². The summed E-state index contributed by atoms with van der Waals surface area (Å²) in [5, 5.41) is 33.2. The number of hydrogen-bond donors (Lipinski definition) is 4. The molecule has 4 rings (SSSR count). The molecule has 1 aliphatic rings. The summed E-state index contributed by atoms with van der Waals surface area (Å²) in [7, 11) is 3.59. The van der Waals surface area contributed by atoms with E-state index in [0.29, 0.717) is 29.5 Å². The van der Waals surface area contributed by atoms with Crippen LogP contribution in [0.2, 0.25) is 0 Å². The van der Waals surface area contributed by atoms with E-state index in [-0.39, 0.29) is 0 Å². The largest absolute Gasteiger partial charge is 0.467 e. The van der Waals surface area contributed by atoms with Crippen molar-refractivity contribution in [1.29, 1.82) is 0 Å². The predicted molar refractivity (Wildman–Crippen MR) is 98.7 cm³/mol. The van der Waals surface area contributed by atoms with Crippen molar-refractivity contribution in [2.75, 3.05) is 30.9 Å². The highest BCUT2D eigenvalue weighted by Crippen LogP contribution is 2.36. The molecule has 28 heavy (non-hydrogen) atoms. The molecule has 11 nitrogen and oxygen atoms in total. The Morgan fingerprint density at radius 2 is 2.07 bits per heavy atom. The molecule has 0 unspecified atom stereocenters. The summed E-state index contributed by atoms with van der Waals surface area (Å²) in [6.45, 7) is 0.000710. The van der Waals surface area contributed by atoms with Gasteiger partial charge in [-0.2, -0.15) is 0 Å². The number of furan rings is 1. The molecule has 1 aliphatic heterocycles. The zero-order valence-corrected chi connectivity index (χ0v) is 15.4. The SMILES string of the molecule is CN(C)c1nc2c(NCc3ccco3)ncnc2n1[C@@H]1O[C@H](CO)[C@@H](O)[C@H]1O. The van der Waals surface area contributed by atoms with E-state index < -0.39 is 31.1 Å². The number of nitrogens with zero attached hydrogens (tertiary/aromatic N) is 5. The van der Waals surface area contributed by atoms with Crippen LogP contribution in [0.25, 0.3) is 11.2 Å². The van der Waals surface area contributed by atoms with Crippen molar-refractivity contribution in [3.63, 3.8) is 0 Å². The lowest BCUT2D eigenvalue weighted by atomic mass is 10.1. The van der Waals surface area contributed by atoms with Crippen LogP contribution in [0, 0.1) is 0 Å². The summed E-state index contributed by atoms with van der Waals surface area (Å²) in [6, 6.07) is 3.64. The Hall–Kier alpha value is -2.73. The van der Waals surface area contributed by atoms with Crippen LogP contribution in [-0.2, 0) is 11.3 Å². The molecule has 0 aromatic carbocycles. The molecule has 3 aromatic heterocycles.